The minimum atomic E-state index is -0.585. The summed E-state index contributed by atoms with van der Waals surface area (Å²) < 4.78 is 5.06. The Morgan fingerprint density at radius 1 is 1.29 bits per heavy atom. The molecular formula is C16H18N2O3. The molecule has 2 rings (SSSR count). The number of nitrogens with one attached hydrogen (secondary N) is 1. The third-order valence-corrected chi connectivity index (χ3v) is 3.12. The fraction of sp³-hybridized carbons (Fsp3) is 0.188. The smallest absolute Gasteiger partial charge is 0.255 e. The molecule has 0 aliphatic carbocycles. The van der Waals surface area contributed by atoms with E-state index < -0.39 is 6.10 Å². The van der Waals surface area contributed by atoms with Crippen LogP contribution in [0.3, 0.4) is 0 Å². The fourth-order valence-electron chi connectivity index (χ4n) is 1.96. The van der Waals surface area contributed by atoms with Crippen molar-refractivity contribution in [2.75, 3.05) is 18.2 Å². The van der Waals surface area contributed by atoms with Crippen molar-refractivity contribution in [2.24, 2.45) is 0 Å². The van der Waals surface area contributed by atoms with Gasteiger partial charge in [0.05, 0.1) is 18.9 Å². The zero-order valence-corrected chi connectivity index (χ0v) is 12.0. The van der Waals surface area contributed by atoms with Crippen LogP contribution in [0, 0.1) is 0 Å². The lowest BCUT2D eigenvalue weighted by Crippen LogP contribution is -2.12. The van der Waals surface area contributed by atoms with Crippen molar-refractivity contribution < 1.29 is 14.6 Å². The first-order valence-corrected chi connectivity index (χ1v) is 6.54. The number of aliphatic hydroxyl groups excluding tert-OH is 1. The Bertz CT molecular complexity index is 654. The minimum absolute atomic E-state index is 0.271. The molecule has 5 nitrogen and oxygen atoms in total. The maximum absolute atomic E-state index is 12.2. The molecule has 0 saturated heterocycles. The van der Waals surface area contributed by atoms with Crippen molar-refractivity contribution in [2.45, 2.75) is 13.0 Å². The summed E-state index contributed by atoms with van der Waals surface area (Å²) in [5.41, 5.74) is 7.99. The van der Waals surface area contributed by atoms with E-state index >= 15 is 0 Å². The van der Waals surface area contributed by atoms with E-state index in [1.165, 1.54) is 7.11 Å². The summed E-state index contributed by atoms with van der Waals surface area (Å²) in [7, 11) is 1.52. The zero-order valence-electron chi connectivity index (χ0n) is 12.0. The van der Waals surface area contributed by atoms with E-state index in [4.69, 9.17) is 10.5 Å². The number of rotatable bonds is 4. The molecular weight excluding hydrogens is 268 g/mol. The van der Waals surface area contributed by atoms with Gasteiger partial charge in [-0.25, -0.2) is 0 Å². The molecule has 1 amide bonds. The van der Waals surface area contributed by atoms with Gasteiger partial charge in [-0.1, -0.05) is 12.1 Å². The quantitative estimate of drug-likeness (QED) is 0.754. The number of carbonyl (C=O) groups excluding carboxylic acids is 1. The number of carbonyl (C=O) groups is 1. The molecule has 4 N–H and O–H groups in total. The van der Waals surface area contributed by atoms with E-state index in [1.54, 1.807) is 49.4 Å². The summed E-state index contributed by atoms with van der Waals surface area (Å²) in [4.78, 5) is 12.2. The highest BCUT2D eigenvalue weighted by molar-refractivity contribution is 6.05. The highest BCUT2D eigenvalue weighted by Crippen LogP contribution is 2.23. The van der Waals surface area contributed by atoms with Crippen molar-refractivity contribution in [3.63, 3.8) is 0 Å². The molecule has 0 spiro atoms. The van der Waals surface area contributed by atoms with E-state index in [0.717, 1.165) is 5.56 Å². The van der Waals surface area contributed by atoms with Crippen LogP contribution in [-0.2, 0) is 0 Å². The number of hydrogen-bond acceptors (Lipinski definition) is 4. The highest BCUT2D eigenvalue weighted by Gasteiger charge is 2.10. The van der Waals surface area contributed by atoms with E-state index in [1.807, 2.05) is 0 Å². The van der Waals surface area contributed by atoms with E-state index in [9.17, 15) is 9.90 Å². The monoisotopic (exact) mass is 286 g/mol. The molecule has 21 heavy (non-hydrogen) atoms. The van der Waals surface area contributed by atoms with Crippen molar-refractivity contribution in [1.29, 1.82) is 0 Å². The zero-order chi connectivity index (χ0) is 15.4. The topological polar surface area (TPSA) is 84.6 Å². The van der Waals surface area contributed by atoms with Gasteiger partial charge in [0.2, 0.25) is 0 Å². The number of methoxy groups -OCH3 is 1. The third-order valence-electron chi connectivity index (χ3n) is 3.12. The van der Waals surface area contributed by atoms with Gasteiger partial charge < -0.3 is 20.9 Å². The third kappa shape index (κ3) is 3.52. The molecule has 0 saturated carbocycles. The molecule has 2 aromatic rings. The molecule has 0 bridgehead atoms. The van der Waals surface area contributed by atoms with E-state index in [-0.39, 0.29) is 5.91 Å². The van der Waals surface area contributed by atoms with Crippen LogP contribution >= 0.6 is 0 Å². The Kier molecular flexibility index (Phi) is 4.45. The van der Waals surface area contributed by atoms with E-state index in [0.29, 0.717) is 22.7 Å². The van der Waals surface area contributed by atoms with Crippen LogP contribution in [0.2, 0.25) is 0 Å². The molecule has 1 atom stereocenters. The van der Waals surface area contributed by atoms with Crippen LogP contribution in [0.5, 0.6) is 5.75 Å². The second-order valence-corrected chi connectivity index (χ2v) is 4.71. The second kappa shape index (κ2) is 6.28. The Morgan fingerprint density at radius 2 is 2.05 bits per heavy atom. The van der Waals surface area contributed by atoms with Crippen LogP contribution < -0.4 is 15.8 Å². The number of nitrogen functional groups attached to an aromatic ring is 1. The fourth-order valence-corrected chi connectivity index (χ4v) is 1.96. The summed E-state index contributed by atoms with van der Waals surface area (Å²) in [6, 6.07) is 11.9. The van der Waals surface area contributed by atoms with Gasteiger partial charge in [0.1, 0.15) is 5.75 Å². The molecule has 0 aromatic heterocycles. The highest BCUT2D eigenvalue weighted by atomic mass is 16.5. The van der Waals surface area contributed by atoms with Crippen LogP contribution in [0.15, 0.2) is 42.5 Å². The van der Waals surface area contributed by atoms with Crippen molar-refractivity contribution in [3.05, 3.63) is 53.6 Å². The number of hydrogen-bond donors (Lipinski definition) is 3. The molecule has 110 valence electrons. The Balaban J connectivity index is 2.18. The number of aliphatic hydroxyl groups is 1. The number of ether oxygens (including phenoxy) is 1. The number of anilines is 2. The summed E-state index contributed by atoms with van der Waals surface area (Å²) in [6.07, 6.45) is -0.585. The average molecular weight is 286 g/mol. The SMILES string of the molecule is COc1ccc(C(=O)Nc2cccc([C@H](C)O)c2)cc1N. The van der Waals surface area contributed by atoms with Gasteiger partial charge in [-0.2, -0.15) is 0 Å². The van der Waals surface area contributed by atoms with Gasteiger partial charge in [0, 0.05) is 11.3 Å². The number of nitrogens with two attached hydrogens (primary N) is 1. The first kappa shape index (κ1) is 14.9. The molecule has 5 heteroatoms. The molecule has 0 aliphatic heterocycles. The van der Waals surface area contributed by atoms with E-state index in [2.05, 4.69) is 5.32 Å². The Labute approximate surface area is 123 Å². The molecule has 2 aromatic carbocycles. The van der Waals surface area contributed by atoms with Crippen LogP contribution in [0.4, 0.5) is 11.4 Å². The molecule has 0 fully saturated rings. The van der Waals surface area contributed by atoms with Crippen LogP contribution in [0.25, 0.3) is 0 Å². The van der Waals surface area contributed by atoms with Gasteiger partial charge in [-0.15, -0.1) is 0 Å². The summed E-state index contributed by atoms with van der Waals surface area (Å²) in [6.45, 7) is 1.67. The predicted octanol–water partition coefficient (Wildman–Crippen LogP) is 2.58. The van der Waals surface area contributed by atoms with Crippen LogP contribution in [-0.4, -0.2) is 18.1 Å². The van der Waals surface area contributed by atoms with Gasteiger partial charge in [-0.05, 0) is 42.8 Å². The molecule has 0 aliphatic rings. The van der Waals surface area contributed by atoms with Crippen molar-refractivity contribution in [1.82, 2.24) is 0 Å². The lowest BCUT2D eigenvalue weighted by molar-refractivity contribution is 0.102. The maximum Gasteiger partial charge on any atom is 0.255 e. The van der Waals surface area contributed by atoms with Gasteiger partial charge >= 0.3 is 0 Å². The average Bonchev–Trinajstić information content (AvgIpc) is 2.47. The second-order valence-electron chi connectivity index (χ2n) is 4.71. The largest absolute Gasteiger partial charge is 0.495 e. The first-order chi connectivity index (χ1) is 10.0. The summed E-state index contributed by atoms with van der Waals surface area (Å²) in [5, 5.41) is 12.3. The molecule has 0 radical (unpaired) electrons. The number of amides is 1. The Hall–Kier alpha value is -2.53. The van der Waals surface area contributed by atoms with Gasteiger partial charge in [-0.3, -0.25) is 4.79 Å². The van der Waals surface area contributed by atoms with Gasteiger partial charge in [0.25, 0.3) is 5.91 Å². The lowest BCUT2D eigenvalue weighted by Gasteiger charge is -2.10. The van der Waals surface area contributed by atoms with Crippen molar-refractivity contribution >= 4 is 17.3 Å². The van der Waals surface area contributed by atoms with Crippen molar-refractivity contribution in [3.8, 4) is 5.75 Å². The normalized spacial score (nSPS) is 11.8. The lowest BCUT2D eigenvalue weighted by atomic mass is 10.1. The molecule has 0 unspecified atom stereocenters. The molecule has 0 heterocycles. The van der Waals surface area contributed by atoms with Crippen LogP contribution in [0.1, 0.15) is 28.9 Å². The predicted molar refractivity (Wildman–Crippen MR) is 82.4 cm³/mol. The standard InChI is InChI=1S/C16H18N2O3/c1-10(19)11-4-3-5-13(8-11)18-16(20)12-6-7-15(21-2)14(17)9-12/h3-10,19H,17H2,1-2H3,(H,18,20)/t10-/m0/s1. The van der Waals surface area contributed by atoms with Gasteiger partial charge in [0.15, 0.2) is 0 Å². The summed E-state index contributed by atoms with van der Waals surface area (Å²) in [5.74, 6) is 0.259. The Morgan fingerprint density at radius 3 is 2.67 bits per heavy atom. The first-order valence-electron chi connectivity index (χ1n) is 6.54. The minimum Gasteiger partial charge on any atom is -0.495 e. The number of benzene rings is 2. The summed E-state index contributed by atoms with van der Waals surface area (Å²) >= 11 is 0. The maximum atomic E-state index is 12.2.